The highest BCUT2D eigenvalue weighted by Crippen LogP contribution is 2.26. The van der Waals surface area contributed by atoms with Gasteiger partial charge in [0.25, 0.3) is 10.0 Å². The maximum absolute atomic E-state index is 12.3. The molecule has 0 aliphatic rings. The van der Waals surface area contributed by atoms with Crippen LogP contribution in [0.25, 0.3) is 0 Å². The second-order valence-electron chi connectivity index (χ2n) is 4.30. The van der Waals surface area contributed by atoms with Gasteiger partial charge in [-0.3, -0.25) is 4.72 Å². The maximum atomic E-state index is 12.3. The summed E-state index contributed by atoms with van der Waals surface area (Å²) in [7, 11) is -3.54. The van der Waals surface area contributed by atoms with Crippen molar-refractivity contribution in [3.05, 3.63) is 26.9 Å². The lowest BCUT2D eigenvalue weighted by Gasteiger charge is -2.02. The van der Waals surface area contributed by atoms with E-state index in [-0.39, 0.29) is 0 Å². The van der Waals surface area contributed by atoms with E-state index in [0.717, 1.165) is 22.0 Å². The number of hydrogen-bond donors (Lipinski definition) is 2. The second-order valence-corrected chi connectivity index (χ2v) is 8.18. The first kappa shape index (κ1) is 15.4. The normalized spacial score (nSPS) is 11.8. The molecule has 2 N–H and O–H groups in total. The third-order valence-corrected chi connectivity index (χ3v) is 6.26. The van der Waals surface area contributed by atoms with Crippen LogP contribution in [0.3, 0.4) is 0 Å². The van der Waals surface area contributed by atoms with Crippen molar-refractivity contribution in [2.45, 2.75) is 32.2 Å². The lowest BCUT2D eigenvalue weighted by atomic mass is 10.4. The molecule has 110 valence electrons. The highest BCUT2D eigenvalue weighted by molar-refractivity contribution is 7.93. The van der Waals surface area contributed by atoms with Crippen LogP contribution in [0, 0.1) is 13.8 Å². The SMILES string of the molecule is CCNCc1cc(S(=O)(=O)Nc2nc(C)c(C)s2)cs1. The molecule has 0 fully saturated rings. The Balaban J connectivity index is 2.15. The summed E-state index contributed by atoms with van der Waals surface area (Å²) in [4.78, 5) is 6.50. The Hall–Kier alpha value is -0.960. The van der Waals surface area contributed by atoms with Crippen LogP contribution < -0.4 is 10.0 Å². The summed E-state index contributed by atoms with van der Waals surface area (Å²) in [5.41, 5.74) is 0.853. The molecule has 0 amide bonds. The van der Waals surface area contributed by atoms with E-state index in [1.54, 1.807) is 11.4 Å². The Bertz CT molecular complexity index is 669. The minimum absolute atomic E-state index is 0.293. The number of aromatic nitrogens is 1. The van der Waals surface area contributed by atoms with Crippen LogP contribution in [0.2, 0.25) is 0 Å². The van der Waals surface area contributed by atoms with E-state index in [2.05, 4.69) is 15.0 Å². The lowest BCUT2D eigenvalue weighted by molar-refractivity contribution is 0.601. The van der Waals surface area contributed by atoms with Gasteiger partial charge in [-0.25, -0.2) is 13.4 Å². The van der Waals surface area contributed by atoms with Gasteiger partial charge in [0.1, 0.15) is 0 Å². The molecule has 0 aliphatic carbocycles. The highest BCUT2D eigenvalue weighted by Gasteiger charge is 2.18. The summed E-state index contributed by atoms with van der Waals surface area (Å²) < 4.78 is 27.0. The van der Waals surface area contributed by atoms with Crippen LogP contribution in [0.1, 0.15) is 22.4 Å². The van der Waals surface area contributed by atoms with E-state index in [1.807, 2.05) is 20.8 Å². The molecule has 20 heavy (non-hydrogen) atoms. The molecule has 0 bridgehead atoms. The molecule has 2 rings (SSSR count). The molecule has 0 radical (unpaired) electrons. The lowest BCUT2D eigenvalue weighted by Crippen LogP contribution is -2.12. The van der Waals surface area contributed by atoms with Gasteiger partial charge < -0.3 is 5.32 Å². The second kappa shape index (κ2) is 6.21. The van der Waals surface area contributed by atoms with Gasteiger partial charge in [-0.1, -0.05) is 6.92 Å². The fraction of sp³-hybridized carbons (Fsp3) is 0.417. The topological polar surface area (TPSA) is 71.1 Å². The zero-order valence-electron chi connectivity index (χ0n) is 11.6. The van der Waals surface area contributed by atoms with E-state index in [9.17, 15) is 8.42 Å². The van der Waals surface area contributed by atoms with Gasteiger partial charge in [0.05, 0.1) is 10.6 Å². The molecule has 0 aromatic carbocycles. The number of sulfonamides is 1. The molecule has 0 unspecified atom stereocenters. The number of thiophene rings is 1. The zero-order chi connectivity index (χ0) is 14.8. The molecular weight excluding hydrogens is 314 g/mol. The smallest absolute Gasteiger partial charge is 0.264 e. The third-order valence-electron chi connectivity index (χ3n) is 2.74. The number of hydrogen-bond acceptors (Lipinski definition) is 6. The number of anilines is 1. The van der Waals surface area contributed by atoms with Gasteiger partial charge in [-0.15, -0.1) is 22.7 Å². The predicted molar refractivity (Wildman–Crippen MR) is 84.1 cm³/mol. The van der Waals surface area contributed by atoms with Gasteiger partial charge in [-0.2, -0.15) is 0 Å². The molecule has 0 saturated heterocycles. The van der Waals surface area contributed by atoms with Crippen LogP contribution in [0.15, 0.2) is 16.3 Å². The molecule has 2 aromatic rings. The number of nitrogens with zero attached hydrogens (tertiary/aromatic N) is 1. The first-order valence-corrected chi connectivity index (χ1v) is 9.35. The van der Waals surface area contributed by atoms with Crippen LogP contribution >= 0.6 is 22.7 Å². The predicted octanol–water partition coefficient (Wildman–Crippen LogP) is 2.73. The third kappa shape index (κ3) is 3.57. The average Bonchev–Trinajstić information content (AvgIpc) is 2.95. The van der Waals surface area contributed by atoms with Gasteiger partial charge >= 0.3 is 0 Å². The van der Waals surface area contributed by atoms with Crippen LogP contribution in [0.4, 0.5) is 5.13 Å². The summed E-state index contributed by atoms with van der Waals surface area (Å²) in [5.74, 6) is 0. The summed E-state index contributed by atoms with van der Waals surface area (Å²) in [5, 5.41) is 5.25. The van der Waals surface area contributed by atoms with Gasteiger partial charge in [0.15, 0.2) is 5.13 Å². The average molecular weight is 331 g/mol. The van der Waals surface area contributed by atoms with Crippen molar-refractivity contribution >= 4 is 37.8 Å². The molecule has 0 saturated carbocycles. The fourth-order valence-electron chi connectivity index (χ4n) is 1.53. The number of rotatable bonds is 6. The molecule has 0 spiro atoms. The molecule has 0 aliphatic heterocycles. The molecule has 2 heterocycles. The maximum Gasteiger partial charge on any atom is 0.264 e. The first-order chi connectivity index (χ1) is 9.42. The molecule has 0 atom stereocenters. The quantitative estimate of drug-likeness (QED) is 0.854. The van der Waals surface area contributed by atoms with Crippen molar-refractivity contribution < 1.29 is 8.42 Å². The van der Waals surface area contributed by atoms with E-state index in [1.165, 1.54) is 22.7 Å². The van der Waals surface area contributed by atoms with Crippen LogP contribution in [-0.2, 0) is 16.6 Å². The highest BCUT2D eigenvalue weighted by atomic mass is 32.2. The van der Waals surface area contributed by atoms with Crippen molar-refractivity contribution in [3.8, 4) is 0 Å². The fourth-order valence-corrected chi connectivity index (χ4v) is 4.83. The minimum atomic E-state index is -3.54. The molecule has 8 heteroatoms. The van der Waals surface area contributed by atoms with Crippen LogP contribution in [-0.4, -0.2) is 19.9 Å². The molecule has 5 nitrogen and oxygen atoms in total. The van der Waals surface area contributed by atoms with E-state index >= 15 is 0 Å². The summed E-state index contributed by atoms with van der Waals surface area (Å²) in [6, 6.07) is 1.70. The van der Waals surface area contributed by atoms with E-state index < -0.39 is 10.0 Å². The van der Waals surface area contributed by atoms with E-state index in [4.69, 9.17) is 0 Å². The summed E-state index contributed by atoms with van der Waals surface area (Å²) >= 11 is 2.78. The summed E-state index contributed by atoms with van der Waals surface area (Å²) in [6.45, 7) is 7.34. The number of aryl methyl sites for hydroxylation is 2. The van der Waals surface area contributed by atoms with Crippen molar-refractivity contribution in [3.63, 3.8) is 0 Å². The first-order valence-electron chi connectivity index (χ1n) is 6.17. The zero-order valence-corrected chi connectivity index (χ0v) is 14.0. The van der Waals surface area contributed by atoms with Gasteiger partial charge in [0, 0.05) is 21.7 Å². The van der Waals surface area contributed by atoms with Crippen molar-refractivity contribution in [2.75, 3.05) is 11.3 Å². The Kier molecular flexibility index (Phi) is 4.79. The van der Waals surface area contributed by atoms with Crippen molar-refractivity contribution in [1.29, 1.82) is 0 Å². The Labute approximate surface area is 127 Å². The summed E-state index contributed by atoms with van der Waals surface area (Å²) in [6.07, 6.45) is 0. The minimum Gasteiger partial charge on any atom is -0.312 e. The Morgan fingerprint density at radius 1 is 1.35 bits per heavy atom. The molecule has 2 aromatic heterocycles. The van der Waals surface area contributed by atoms with Crippen molar-refractivity contribution in [2.24, 2.45) is 0 Å². The van der Waals surface area contributed by atoms with Gasteiger partial charge in [0.2, 0.25) is 0 Å². The largest absolute Gasteiger partial charge is 0.312 e. The molecular formula is C12H17N3O2S3. The van der Waals surface area contributed by atoms with E-state index in [0.29, 0.717) is 16.6 Å². The van der Waals surface area contributed by atoms with Gasteiger partial charge in [-0.05, 0) is 26.5 Å². The Morgan fingerprint density at radius 2 is 2.10 bits per heavy atom. The monoisotopic (exact) mass is 331 g/mol. The number of thiazole rings is 1. The number of nitrogens with one attached hydrogen (secondary N) is 2. The van der Waals surface area contributed by atoms with Crippen LogP contribution in [0.5, 0.6) is 0 Å². The van der Waals surface area contributed by atoms with Crippen molar-refractivity contribution in [1.82, 2.24) is 10.3 Å². The standard InChI is InChI=1S/C12H17N3O2S3/c1-4-13-6-10-5-11(7-18-10)20(16,17)15-12-14-8(2)9(3)19-12/h5,7,13H,4,6H2,1-3H3,(H,14,15). The Morgan fingerprint density at radius 3 is 2.70 bits per heavy atom.